The van der Waals surface area contributed by atoms with Crippen molar-refractivity contribution in [3.8, 4) is 23.3 Å². The number of carbonyl (C=O) groups excluding carboxylic acids is 1. The average molecular weight is 478 g/mol. The first-order valence-corrected chi connectivity index (χ1v) is 11.0. The van der Waals surface area contributed by atoms with E-state index in [0.717, 1.165) is 5.56 Å². The lowest BCUT2D eigenvalue weighted by Gasteiger charge is -2.13. The number of aromatic nitrogens is 1. The Balaban J connectivity index is 1.88. The summed E-state index contributed by atoms with van der Waals surface area (Å²) in [7, 11) is 0. The van der Waals surface area contributed by atoms with E-state index in [1.54, 1.807) is 24.3 Å². The second-order valence-corrected chi connectivity index (χ2v) is 8.16. The van der Waals surface area contributed by atoms with Crippen LogP contribution in [0.1, 0.15) is 27.0 Å². The van der Waals surface area contributed by atoms with Crippen LogP contribution >= 0.6 is 11.8 Å². The van der Waals surface area contributed by atoms with Gasteiger partial charge in [-0.05, 0) is 35.4 Å². The molecule has 1 heterocycles. The molecule has 0 spiro atoms. The van der Waals surface area contributed by atoms with Crippen molar-refractivity contribution in [2.75, 3.05) is 18.9 Å². The van der Waals surface area contributed by atoms with E-state index in [0.29, 0.717) is 21.9 Å². The number of anilines is 1. The van der Waals surface area contributed by atoms with Crippen LogP contribution in [-0.4, -0.2) is 40.4 Å². The third-order valence-electron chi connectivity index (χ3n) is 4.82. The lowest BCUT2D eigenvalue weighted by Crippen LogP contribution is -2.33. The summed E-state index contributed by atoms with van der Waals surface area (Å²) in [6.45, 7) is -0.542. The largest absolute Gasteiger partial charge is 0.394 e. The molecule has 0 aliphatic carbocycles. The first-order chi connectivity index (χ1) is 16.4. The molecule has 5 N–H and O–H groups in total. The maximum atomic E-state index is 13.4. The summed E-state index contributed by atoms with van der Waals surface area (Å²) in [5.41, 5.74) is 8.07. The van der Waals surface area contributed by atoms with Crippen molar-refractivity contribution < 1.29 is 19.4 Å². The number of pyridine rings is 1. The second-order valence-electron chi connectivity index (χ2n) is 7.19. The van der Waals surface area contributed by atoms with Gasteiger partial charge in [0.1, 0.15) is 34.4 Å². The lowest BCUT2D eigenvalue weighted by molar-refractivity contribution is 0.0802. The zero-order valence-electron chi connectivity index (χ0n) is 17.8. The Kier molecular flexibility index (Phi) is 8.17. The SMILES string of the molecule is N#Cc1c(N)nc(SCc2cccc(C(=O)NC[C@@H](O)CO)c2)c(C#N)c1-c1ccc(F)cc1. The second kappa shape index (κ2) is 11.3. The van der Waals surface area contributed by atoms with Gasteiger partial charge in [0, 0.05) is 23.4 Å². The fraction of sp³-hybridized carbons (Fsp3) is 0.167. The number of nitrogens with two attached hydrogens (primary N) is 1. The Bertz CT molecular complexity index is 1290. The number of halogens is 1. The molecule has 10 heteroatoms. The number of benzene rings is 2. The quantitative estimate of drug-likeness (QED) is 0.361. The molecule has 3 rings (SSSR count). The molecule has 0 aliphatic rings. The molecule has 3 aromatic rings. The van der Waals surface area contributed by atoms with Crippen LogP contribution in [0.3, 0.4) is 0 Å². The van der Waals surface area contributed by atoms with Crippen LogP contribution < -0.4 is 11.1 Å². The minimum absolute atomic E-state index is 0.0382. The molecule has 0 saturated carbocycles. The van der Waals surface area contributed by atoms with Crippen molar-refractivity contribution in [3.05, 3.63) is 76.6 Å². The van der Waals surface area contributed by atoms with Gasteiger partial charge in [0.05, 0.1) is 18.3 Å². The predicted molar refractivity (Wildman–Crippen MR) is 125 cm³/mol. The fourth-order valence-electron chi connectivity index (χ4n) is 3.14. The molecule has 8 nitrogen and oxygen atoms in total. The van der Waals surface area contributed by atoms with Gasteiger partial charge in [0.2, 0.25) is 0 Å². The molecule has 1 aromatic heterocycles. The van der Waals surface area contributed by atoms with Gasteiger partial charge in [0.25, 0.3) is 5.91 Å². The first kappa shape index (κ1) is 24.7. The Labute approximate surface area is 199 Å². The van der Waals surface area contributed by atoms with Crippen molar-refractivity contribution in [1.29, 1.82) is 10.5 Å². The summed E-state index contributed by atoms with van der Waals surface area (Å²) in [5, 5.41) is 40.5. The van der Waals surface area contributed by atoms with Gasteiger partial charge in [-0.25, -0.2) is 9.37 Å². The molecule has 34 heavy (non-hydrogen) atoms. The van der Waals surface area contributed by atoms with Gasteiger partial charge in [-0.1, -0.05) is 24.3 Å². The van der Waals surface area contributed by atoms with Crippen molar-refractivity contribution in [2.24, 2.45) is 0 Å². The number of nitriles is 2. The molecule has 2 aromatic carbocycles. The van der Waals surface area contributed by atoms with Crippen molar-refractivity contribution in [1.82, 2.24) is 10.3 Å². The van der Waals surface area contributed by atoms with Gasteiger partial charge in [-0.15, -0.1) is 11.8 Å². The molecule has 172 valence electrons. The normalized spacial score (nSPS) is 11.3. The molecule has 1 amide bonds. The molecule has 0 saturated heterocycles. The zero-order chi connectivity index (χ0) is 24.7. The van der Waals surface area contributed by atoms with E-state index < -0.39 is 24.4 Å². The Morgan fingerprint density at radius 1 is 1.18 bits per heavy atom. The van der Waals surface area contributed by atoms with E-state index in [9.17, 15) is 24.8 Å². The van der Waals surface area contributed by atoms with E-state index in [1.807, 2.05) is 6.07 Å². The van der Waals surface area contributed by atoms with Crippen LogP contribution in [0.5, 0.6) is 0 Å². The molecule has 0 radical (unpaired) electrons. The van der Waals surface area contributed by atoms with Gasteiger partial charge in [-0.2, -0.15) is 10.5 Å². The van der Waals surface area contributed by atoms with Gasteiger partial charge in [-0.3, -0.25) is 4.79 Å². The van der Waals surface area contributed by atoms with Crippen LogP contribution in [0.25, 0.3) is 11.1 Å². The number of carbonyl (C=O) groups is 1. The summed E-state index contributed by atoms with van der Waals surface area (Å²) in [6.07, 6.45) is -1.05. The molecule has 0 bridgehead atoms. The van der Waals surface area contributed by atoms with Gasteiger partial charge >= 0.3 is 0 Å². The summed E-state index contributed by atoms with van der Waals surface area (Å²) in [6, 6.07) is 16.2. The molecular weight excluding hydrogens is 457 g/mol. The molecular formula is C24H20FN5O3S. The number of thioether (sulfide) groups is 1. The first-order valence-electron chi connectivity index (χ1n) is 10.1. The zero-order valence-corrected chi connectivity index (χ0v) is 18.6. The smallest absolute Gasteiger partial charge is 0.251 e. The number of hydrogen-bond donors (Lipinski definition) is 4. The third kappa shape index (κ3) is 5.69. The number of aliphatic hydroxyl groups excluding tert-OH is 2. The van der Waals surface area contributed by atoms with Crippen molar-refractivity contribution in [2.45, 2.75) is 16.9 Å². The number of rotatable bonds is 8. The highest BCUT2D eigenvalue weighted by molar-refractivity contribution is 7.98. The number of nitrogens with zero attached hydrogens (tertiary/aromatic N) is 3. The van der Waals surface area contributed by atoms with E-state index >= 15 is 0 Å². The van der Waals surface area contributed by atoms with Gasteiger partial charge in [0.15, 0.2) is 0 Å². The predicted octanol–water partition coefficient (Wildman–Crippen LogP) is 2.59. The van der Waals surface area contributed by atoms with Crippen molar-refractivity contribution >= 4 is 23.5 Å². The van der Waals surface area contributed by atoms with E-state index in [4.69, 9.17) is 10.8 Å². The van der Waals surface area contributed by atoms with Crippen molar-refractivity contribution in [3.63, 3.8) is 0 Å². The summed E-state index contributed by atoms with van der Waals surface area (Å²) < 4.78 is 13.4. The Morgan fingerprint density at radius 2 is 1.88 bits per heavy atom. The Morgan fingerprint density at radius 3 is 2.53 bits per heavy atom. The monoisotopic (exact) mass is 477 g/mol. The van der Waals surface area contributed by atoms with E-state index in [1.165, 1.54) is 36.0 Å². The van der Waals surface area contributed by atoms with Crippen LogP contribution in [0.4, 0.5) is 10.2 Å². The fourth-order valence-corrected chi connectivity index (χ4v) is 4.08. The summed E-state index contributed by atoms with van der Waals surface area (Å²) >= 11 is 1.21. The summed E-state index contributed by atoms with van der Waals surface area (Å²) in [4.78, 5) is 16.5. The van der Waals surface area contributed by atoms with Gasteiger partial charge < -0.3 is 21.3 Å². The minimum atomic E-state index is -1.05. The van der Waals surface area contributed by atoms with Crippen LogP contribution in [0.2, 0.25) is 0 Å². The molecule has 0 aliphatic heterocycles. The van der Waals surface area contributed by atoms with Crippen LogP contribution in [0, 0.1) is 28.5 Å². The average Bonchev–Trinajstić information content (AvgIpc) is 2.86. The van der Waals surface area contributed by atoms with E-state index in [2.05, 4.69) is 16.4 Å². The number of aliphatic hydroxyl groups is 2. The number of amides is 1. The highest BCUT2D eigenvalue weighted by Crippen LogP contribution is 2.36. The van der Waals surface area contributed by atoms with E-state index in [-0.39, 0.29) is 29.1 Å². The maximum Gasteiger partial charge on any atom is 0.251 e. The molecule has 0 unspecified atom stereocenters. The number of hydrogen-bond acceptors (Lipinski definition) is 8. The third-order valence-corrected chi connectivity index (χ3v) is 5.87. The Hall–Kier alpha value is -3.96. The number of nitrogens with one attached hydrogen (secondary N) is 1. The number of nitrogen functional groups attached to an aromatic ring is 1. The standard InChI is InChI=1S/C24H20FN5O3S/c25-17-6-4-15(5-7-17)21-19(9-26)22(28)30-24(20(21)10-27)34-13-14-2-1-3-16(8-14)23(33)29-11-18(32)12-31/h1-8,18,31-32H,11-13H2,(H2,28,30)(H,29,33)/t18-/m1/s1. The van der Waals surface area contributed by atoms with Crippen LogP contribution in [0.15, 0.2) is 53.6 Å². The summed E-state index contributed by atoms with van der Waals surface area (Å²) in [5.74, 6) is -0.557. The minimum Gasteiger partial charge on any atom is -0.394 e. The molecule has 1 atom stereocenters. The lowest BCUT2D eigenvalue weighted by atomic mass is 9.97. The topological polar surface area (TPSA) is 156 Å². The maximum absolute atomic E-state index is 13.4. The highest BCUT2D eigenvalue weighted by atomic mass is 32.2. The molecule has 0 fully saturated rings. The highest BCUT2D eigenvalue weighted by Gasteiger charge is 2.21. The van der Waals surface area contributed by atoms with Crippen LogP contribution in [-0.2, 0) is 5.75 Å².